The Morgan fingerprint density at radius 1 is 1.00 bits per heavy atom. The summed E-state index contributed by atoms with van der Waals surface area (Å²) in [5.41, 5.74) is 5.12. The van der Waals surface area contributed by atoms with Crippen molar-refractivity contribution in [2.75, 3.05) is 18.6 Å². The summed E-state index contributed by atoms with van der Waals surface area (Å²) < 4.78 is 12.5. The largest absolute Gasteiger partial charge is 0.490 e. The Hall–Kier alpha value is -3.02. The highest BCUT2D eigenvalue weighted by atomic mass is 35.5. The molecule has 6 rings (SSSR count). The van der Waals surface area contributed by atoms with Gasteiger partial charge in [-0.2, -0.15) is 0 Å². The molecule has 4 aromatic rings. The monoisotopic (exact) mass is 446 g/mol. The molecule has 2 aliphatic rings. The van der Waals surface area contributed by atoms with E-state index in [1.165, 1.54) is 16.0 Å². The lowest BCUT2D eigenvalue weighted by Crippen LogP contribution is -2.39. The van der Waals surface area contributed by atoms with E-state index in [1.807, 2.05) is 18.2 Å². The van der Waals surface area contributed by atoms with E-state index in [1.54, 1.807) is 18.4 Å². The Bertz CT molecular complexity index is 1250. The first kappa shape index (κ1) is 18.7. The number of halogens is 1. The Kier molecular flexibility index (Phi) is 4.23. The van der Waals surface area contributed by atoms with Crippen LogP contribution in [0.4, 0.5) is 11.4 Å². The number of anilines is 2. The Morgan fingerprint density at radius 2 is 1.71 bits per heavy atom. The van der Waals surface area contributed by atoms with Crippen molar-refractivity contribution < 1.29 is 9.47 Å². The highest BCUT2D eigenvalue weighted by Crippen LogP contribution is 2.56. The molecule has 0 bridgehead atoms. The Morgan fingerprint density at radius 3 is 2.35 bits per heavy atom. The Labute approximate surface area is 189 Å². The molecule has 4 heterocycles. The van der Waals surface area contributed by atoms with Gasteiger partial charge in [0.05, 0.1) is 18.0 Å². The van der Waals surface area contributed by atoms with E-state index >= 15 is 0 Å². The second kappa shape index (κ2) is 7.01. The van der Waals surface area contributed by atoms with Gasteiger partial charge in [-0.3, -0.25) is 0 Å². The maximum absolute atomic E-state index is 6.23. The van der Waals surface area contributed by atoms with Crippen LogP contribution in [0, 0.1) is 0 Å². The minimum atomic E-state index is -0.485. The van der Waals surface area contributed by atoms with Crippen molar-refractivity contribution in [3.8, 4) is 11.6 Å². The number of fused-ring (bicyclic) bond motifs is 6. The molecule has 0 atom stereocenters. The number of nitrogens with zero attached hydrogens (tertiary/aromatic N) is 2. The number of para-hydroxylation sites is 2. The van der Waals surface area contributed by atoms with Gasteiger partial charge in [0.1, 0.15) is 23.5 Å². The first-order valence-electron chi connectivity index (χ1n) is 10.1. The van der Waals surface area contributed by atoms with Gasteiger partial charge in [0.25, 0.3) is 0 Å². The van der Waals surface area contributed by atoms with E-state index in [9.17, 15) is 0 Å². The molecular weight excluding hydrogens is 428 g/mol. The van der Waals surface area contributed by atoms with Gasteiger partial charge in [-0.25, -0.2) is 4.98 Å². The summed E-state index contributed by atoms with van der Waals surface area (Å²) in [6, 6.07) is 25.0. The number of hydrogen-bond donors (Lipinski definition) is 0. The third-order valence-electron chi connectivity index (χ3n) is 6.14. The van der Waals surface area contributed by atoms with Gasteiger partial charge in [-0.1, -0.05) is 48.0 Å². The summed E-state index contributed by atoms with van der Waals surface area (Å²) in [5.74, 6) is 1.40. The minimum absolute atomic E-state index is 0.485. The van der Waals surface area contributed by atoms with Crippen molar-refractivity contribution in [1.29, 1.82) is 0 Å². The molecular formula is C25H19ClN2O2S. The number of aromatic nitrogens is 1. The van der Waals surface area contributed by atoms with Gasteiger partial charge in [0.2, 0.25) is 5.88 Å². The Balaban J connectivity index is 1.61. The average Bonchev–Trinajstić information content (AvgIpc) is 3.40. The fourth-order valence-electron chi connectivity index (χ4n) is 4.81. The van der Waals surface area contributed by atoms with E-state index < -0.39 is 5.41 Å². The molecule has 2 aromatic carbocycles. The van der Waals surface area contributed by atoms with Crippen LogP contribution < -0.4 is 14.4 Å². The lowest BCUT2D eigenvalue weighted by Gasteiger charge is -2.42. The SMILES string of the molecule is COc1ccc2c(n1)C1(CO2)c2ccccc2N(Cc2ccc(Cl)s2)c2ccccc21. The maximum Gasteiger partial charge on any atom is 0.213 e. The molecule has 1 spiro atoms. The van der Waals surface area contributed by atoms with Crippen molar-refractivity contribution in [2.45, 2.75) is 12.0 Å². The molecule has 2 aromatic heterocycles. The summed E-state index contributed by atoms with van der Waals surface area (Å²) in [4.78, 5) is 8.47. The molecule has 0 fully saturated rings. The summed E-state index contributed by atoms with van der Waals surface area (Å²) in [5, 5.41) is 0. The van der Waals surface area contributed by atoms with Crippen molar-refractivity contribution in [3.63, 3.8) is 0 Å². The summed E-state index contributed by atoms with van der Waals surface area (Å²) in [6.07, 6.45) is 0. The van der Waals surface area contributed by atoms with E-state index in [4.69, 9.17) is 26.1 Å². The van der Waals surface area contributed by atoms with Gasteiger partial charge in [0, 0.05) is 22.3 Å². The first-order valence-corrected chi connectivity index (χ1v) is 11.3. The second-order valence-electron chi connectivity index (χ2n) is 7.72. The van der Waals surface area contributed by atoms with Crippen LogP contribution in [-0.2, 0) is 12.0 Å². The van der Waals surface area contributed by atoms with Gasteiger partial charge >= 0.3 is 0 Å². The van der Waals surface area contributed by atoms with Crippen LogP contribution in [0.25, 0.3) is 0 Å². The molecule has 154 valence electrons. The summed E-state index contributed by atoms with van der Waals surface area (Å²) >= 11 is 7.84. The van der Waals surface area contributed by atoms with Gasteiger partial charge in [0.15, 0.2) is 0 Å². The number of rotatable bonds is 3. The quantitative estimate of drug-likeness (QED) is 0.376. The lowest BCUT2D eigenvalue weighted by atomic mass is 9.69. The third-order valence-corrected chi connectivity index (χ3v) is 7.36. The predicted octanol–water partition coefficient (Wildman–Crippen LogP) is 6.18. The molecule has 4 nitrogen and oxygen atoms in total. The number of ether oxygens (including phenoxy) is 2. The highest BCUT2D eigenvalue weighted by Gasteiger charge is 2.51. The van der Waals surface area contributed by atoms with Gasteiger partial charge in [-0.05, 0) is 41.5 Å². The molecule has 6 heteroatoms. The second-order valence-corrected chi connectivity index (χ2v) is 9.52. The van der Waals surface area contributed by atoms with Crippen LogP contribution in [0.15, 0.2) is 72.8 Å². The smallest absolute Gasteiger partial charge is 0.213 e. The fourth-order valence-corrected chi connectivity index (χ4v) is 5.88. The third kappa shape index (κ3) is 2.70. The molecule has 0 saturated heterocycles. The van der Waals surface area contributed by atoms with Crippen LogP contribution in [0.1, 0.15) is 21.7 Å². The fraction of sp³-hybridized carbons (Fsp3) is 0.160. The van der Waals surface area contributed by atoms with E-state index in [0.29, 0.717) is 12.5 Å². The van der Waals surface area contributed by atoms with E-state index in [0.717, 1.165) is 33.7 Å². The molecule has 0 aliphatic carbocycles. The zero-order chi connectivity index (χ0) is 21.0. The van der Waals surface area contributed by atoms with Crippen LogP contribution in [0.5, 0.6) is 11.6 Å². The summed E-state index contributed by atoms with van der Waals surface area (Å²) in [6.45, 7) is 1.26. The van der Waals surface area contributed by atoms with Crippen molar-refractivity contribution in [2.24, 2.45) is 0 Å². The van der Waals surface area contributed by atoms with Crippen LogP contribution in [0.2, 0.25) is 4.34 Å². The molecule has 0 radical (unpaired) electrons. The molecule has 0 saturated carbocycles. The van der Waals surface area contributed by atoms with E-state index in [-0.39, 0.29) is 0 Å². The lowest BCUT2D eigenvalue weighted by molar-refractivity contribution is 0.311. The molecule has 0 amide bonds. The maximum atomic E-state index is 6.23. The minimum Gasteiger partial charge on any atom is -0.490 e. The number of thiophene rings is 1. The van der Waals surface area contributed by atoms with Crippen LogP contribution >= 0.6 is 22.9 Å². The van der Waals surface area contributed by atoms with Gasteiger partial charge < -0.3 is 14.4 Å². The number of pyridine rings is 1. The number of hydrogen-bond acceptors (Lipinski definition) is 5. The average molecular weight is 447 g/mol. The van der Waals surface area contributed by atoms with Crippen LogP contribution in [-0.4, -0.2) is 18.7 Å². The zero-order valence-electron chi connectivity index (χ0n) is 16.8. The number of methoxy groups -OCH3 is 1. The van der Waals surface area contributed by atoms with Crippen molar-refractivity contribution in [3.05, 3.63) is 98.8 Å². The topological polar surface area (TPSA) is 34.6 Å². The van der Waals surface area contributed by atoms with Gasteiger partial charge in [-0.15, -0.1) is 11.3 Å². The van der Waals surface area contributed by atoms with Crippen LogP contribution in [0.3, 0.4) is 0 Å². The molecule has 2 aliphatic heterocycles. The van der Waals surface area contributed by atoms with E-state index in [2.05, 4.69) is 59.5 Å². The molecule has 0 N–H and O–H groups in total. The first-order chi connectivity index (χ1) is 15.2. The van der Waals surface area contributed by atoms with Crippen molar-refractivity contribution >= 4 is 34.3 Å². The molecule has 31 heavy (non-hydrogen) atoms. The highest BCUT2D eigenvalue weighted by molar-refractivity contribution is 7.16. The number of benzene rings is 2. The summed E-state index contributed by atoms with van der Waals surface area (Å²) in [7, 11) is 1.65. The normalized spacial score (nSPS) is 15.2. The standard InChI is InChI=1S/C25H19ClN2O2S/c1-29-23-13-11-21-24(27-23)25(15-30-21)17-6-2-4-8-19(17)28(14-16-10-12-22(26)31-16)20-9-5-3-7-18(20)25/h2-13H,14-15H2,1H3. The predicted molar refractivity (Wildman–Crippen MR) is 124 cm³/mol. The molecule has 0 unspecified atom stereocenters. The zero-order valence-corrected chi connectivity index (χ0v) is 18.4. The van der Waals surface area contributed by atoms with Crippen molar-refractivity contribution in [1.82, 2.24) is 4.98 Å².